The van der Waals surface area contributed by atoms with Crippen molar-refractivity contribution in [2.24, 2.45) is 47.3 Å². The molecule has 0 amide bonds. The molecule has 0 aromatic heterocycles. The topological polar surface area (TPSA) is 52.6 Å². The molecule has 3 aliphatic rings. The average Bonchev–Trinajstić information content (AvgIpc) is 2.73. The first-order valence-electron chi connectivity index (χ1n) is 13.2. The van der Waals surface area contributed by atoms with Gasteiger partial charge in [-0.05, 0) is 74.0 Å². The van der Waals surface area contributed by atoms with E-state index in [4.69, 9.17) is 9.47 Å². The minimum atomic E-state index is -0.234. The third-order valence-electron chi connectivity index (χ3n) is 8.43. The van der Waals surface area contributed by atoms with Gasteiger partial charge in [0.05, 0.1) is 11.8 Å². The van der Waals surface area contributed by atoms with Gasteiger partial charge in [0.1, 0.15) is 12.2 Å². The summed E-state index contributed by atoms with van der Waals surface area (Å²) in [6.07, 6.45) is 11.9. The van der Waals surface area contributed by atoms with Crippen LogP contribution in [-0.4, -0.2) is 24.1 Å². The van der Waals surface area contributed by atoms with Gasteiger partial charge in [0.2, 0.25) is 0 Å². The Morgan fingerprint density at radius 2 is 1.03 bits per heavy atom. The number of carbonyl (C=O) groups excluding carboxylic acids is 2. The summed E-state index contributed by atoms with van der Waals surface area (Å²) in [5.74, 6) is 2.50. The maximum Gasteiger partial charge on any atom is 0.313 e. The Balaban J connectivity index is 1.54. The van der Waals surface area contributed by atoms with Gasteiger partial charge in [-0.3, -0.25) is 9.59 Å². The smallest absolute Gasteiger partial charge is 0.313 e. The number of carbonyl (C=O) groups is 2. The van der Waals surface area contributed by atoms with Gasteiger partial charge in [0, 0.05) is 0 Å². The maximum atomic E-state index is 12.9. The molecule has 3 aliphatic carbocycles. The van der Waals surface area contributed by atoms with E-state index < -0.39 is 0 Å². The molecule has 4 heteroatoms. The van der Waals surface area contributed by atoms with Crippen LogP contribution in [0.5, 0.6) is 0 Å². The van der Waals surface area contributed by atoms with Crippen molar-refractivity contribution < 1.29 is 19.1 Å². The Morgan fingerprint density at radius 1 is 0.656 bits per heavy atom. The highest BCUT2D eigenvalue weighted by atomic mass is 16.5. The van der Waals surface area contributed by atoms with E-state index in [-0.39, 0.29) is 36.0 Å². The van der Waals surface area contributed by atoms with E-state index in [1.807, 2.05) is 12.2 Å². The average molecular weight is 447 g/mol. The van der Waals surface area contributed by atoms with Gasteiger partial charge in [-0.15, -0.1) is 0 Å². The zero-order chi connectivity index (χ0) is 23.4. The predicted octanol–water partition coefficient (Wildman–Crippen LogP) is 6.58. The molecule has 0 spiro atoms. The Hall–Kier alpha value is -1.32. The van der Waals surface area contributed by atoms with Crippen LogP contribution in [0.4, 0.5) is 0 Å². The van der Waals surface area contributed by atoms with Crippen molar-refractivity contribution in [3.8, 4) is 0 Å². The Labute approximate surface area is 195 Å². The van der Waals surface area contributed by atoms with E-state index in [0.29, 0.717) is 48.3 Å². The molecule has 0 unspecified atom stereocenters. The molecule has 0 heterocycles. The van der Waals surface area contributed by atoms with Gasteiger partial charge in [0.25, 0.3) is 0 Å². The highest BCUT2D eigenvalue weighted by Gasteiger charge is 2.37. The second-order valence-corrected chi connectivity index (χ2v) is 11.8. The third kappa shape index (κ3) is 6.38. The normalized spacial score (nSPS) is 38.0. The highest BCUT2D eigenvalue weighted by Crippen LogP contribution is 2.38. The molecule has 2 saturated carbocycles. The zero-order valence-electron chi connectivity index (χ0n) is 21.2. The van der Waals surface area contributed by atoms with Crippen molar-refractivity contribution in [1.29, 1.82) is 0 Å². The van der Waals surface area contributed by atoms with Gasteiger partial charge in [-0.1, -0.05) is 66.5 Å². The van der Waals surface area contributed by atoms with Crippen LogP contribution in [0.15, 0.2) is 12.2 Å². The molecular weight excluding hydrogens is 400 g/mol. The number of ether oxygens (including phenoxy) is 2. The van der Waals surface area contributed by atoms with Crippen LogP contribution < -0.4 is 0 Å². The Morgan fingerprint density at radius 3 is 1.34 bits per heavy atom. The largest absolute Gasteiger partial charge is 0.462 e. The molecule has 2 fully saturated rings. The van der Waals surface area contributed by atoms with Gasteiger partial charge in [0.15, 0.2) is 0 Å². The number of hydrogen-bond donors (Lipinski definition) is 0. The maximum absolute atomic E-state index is 12.9. The lowest BCUT2D eigenvalue weighted by Gasteiger charge is -2.38. The molecule has 182 valence electrons. The van der Waals surface area contributed by atoms with Crippen LogP contribution in [0.25, 0.3) is 0 Å². The van der Waals surface area contributed by atoms with Crippen LogP contribution in [0.2, 0.25) is 0 Å². The standard InChI is InChI=1S/C28H46O4/c1-17(2)23-13-7-19(5)15-25(23)31-27(29)21-9-11-22(12-10-21)28(30)32-26-16-20(6)8-14-24(26)18(3)4/h9,11,17-26H,7-8,10,12-16H2,1-6H3/t19-,20-,21-,22+,23-,24+,25-,26-/m1/s1. The van der Waals surface area contributed by atoms with E-state index in [9.17, 15) is 9.59 Å². The Bertz CT molecular complexity index is 610. The summed E-state index contributed by atoms with van der Waals surface area (Å²) in [5.41, 5.74) is 0. The highest BCUT2D eigenvalue weighted by molar-refractivity contribution is 5.78. The molecule has 32 heavy (non-hydrogen) atoms. The fraction of sp³-hybridized carbons (Fsp3) is 0.857. The number of esters is 2. The van der Waals surface area contributed by atoms with Crippen LogP contribution in [0, 0.1) is 47.3 Å². The summed E-state index contributed by atoms with van der Waals surface area (Å²) in [6, 6.07) is 0. The van der Waals surface area contributed by atoms with Crippen molar-refractivity contribution in [2.45, 2.75) is 105 Å². The number of hydrogen-bond acceptors (Lipinski definition) is 4. The fourth-order valence-corrected chi connectivity index (χ4v) is 6.19. The van der Waals surface area contributed by atoms with Crippen molar-refractivity contribution in [3.05, 3.63) is 12.2 Å². The molecule has 0 radical (unpaired) electrons. The molecule has 0 aromatic rings. The summed E-state index contributed by atoms with van der Waals surface area (Å²) in [5, 5.41) is 0. The molecule has 0 bridgehead atoms. The van der Waals surface area contributed by atoms with Crippen molar-refractivity contribution in [3.63, 3.8) is 0 Å². The van der Waals surface area contributed by atoms with Crippen LogP contribution in [0.3, 0.4) is 0 Å². The molecule has 0 aromatic carbocycles. The number of rotatable bonds is 6. The molecule has 4 nitrogen and oxygen atoms in total. The first-order valence-corrected chi connectivity index (χ1v) is 13.2. The zero-order valence-corrected chi connectivity index (χ0v) is 21.2. The van der Waals surface area contributed by atoms with Crippen molar-refractivity contribution in [2.75, 3.05) is 0 Å². The van der Waals surface area contributed by atoms with E-state index in [0.717, 1.165) is 25.7 Å². The Kier molecular flexibility index (Phi) is 8.86. The molecule has 0 saturated heterocycles. The minimum Gasteiger partial charge on any atom is -0.462 e. The van der Waals surface area contributed by atoms with Crippen LogP contribution in [0.1, 0.15) is 92.9 Å². The SMILES string of the molecule is CC(C)[C@H]1CC[C@@H](C)C[C@H]1OC(=O)[C@@H]1C=C[C@H](C(=O)O[C@@H]2C[C@H](C)CC[C@H]2C(C)C)CC1. The van der Waals surface area contributed by atoms with Gasteiger partial charge < -0.3 is 9.47 Å². The summed E-state index contributed by atoms with van der Waals surface area (Å²) in [7, 11) is 0. The quantitative estimate of drug-likeness (QED) is 0.342. The molecule has 0 N–H and O–H groups in total. The third-order valence-corrected chi connectivity index (χ3v) is 8.43. The van der Waals surface area contributed by atoms with Gasteiger partial charge in [-0.25, -0.2) is 0 Å². The molecule has 8 atom stereocenters. The van der Waals surface area contributed by atoms with Crippen molar-refractivity contribution >= 4 is 11.9 Å². The summed E-state index contributed by atoms with van der Waals surface area (Å²) < 4.78 is 12.1. The van der Waals surface area contributed by atoms with E-state index in [1.165, 1.54) is 12.8 Å². The summed E-state index contributed by atoms with van der Waals surface area (Å²) in [6.45, 7) is 13.4. The van der Waals surface area contributed by atoms with Crippen LogP contribution >= 0.6 is 0 Å². The second-order valence-electron chi connectivity index (χ2n) is 11.8. The fourth-order valence-electron chi connectivity index (χ4n) is 6.19. The van der Waals surface area contributed by atoms with Gasteiger partial charge >= 0.3 is 11.9 Å². The first kappa shape index (κ1) is 25.3. The lowest BCUT2D eigenvalue weighted by atomic mass is 9.75. The lowest BCUT2D eigenvalue weighted by molar-refractivity contribution is -0.163. The summed E-state index contributed by atoms with van der Waals surface area (Å²) in [4.78, 5) is 25.8. The molecule has 0 aliphatic heterocycles. The van der Waals surface area contributed by atoms with E-state index >= 15 is 0 Å². The second kappa shape index (κ2) is 11.2. The van der Waals surface area contributed by atoms with Crippen molar-refractivity contribution in [1.82, 2.24) is 0 Å². The minimum absolute atomic E-state index is 0.0311. The van der Waals surface area contributed by atoms with E-state index in [1.54, 1.807) is 0 Å². The monoisotopic (exact) mass is 446 g/mol. The molecule has 3 rings (SSSR count). The van der Waals surface area contributed by atoms with E-state index in [2.05, 4.69) is 41.5 Å². The molecular formula is C28H46O4. The lowest BCUT2D eigenvalue weighted by Crippen LogP contribution is -2.38. The summed E-state index contributed by atoms with van der Waals surface area (Å²) >= 11 is 0. The predicted molar refractivity (Wildman–Crippen MR) is 128 cm³/mol. The first-order chi connectivity index (χ1) is 15.2. The van der Waals surface area contributed by atoms with Crippen LogP contribution in [-0.2, 0) is 19.1 Å². The van der Waals surface area contributed by atoms with Gasteiger partial charge in [-0.2, -0.15) is 0 Å².